The van der Waals surface area contributed by atoms with Crippen LogP contribution < -0.4 is 9.47 Å². The van der Waals surface area contributed by atoms with E-state index in [0.717, 1.165) is 49.6 Å². The molecule has 0 amide bonds. The van der Waals surface area contributed by atoms with Crippen molar-refractivity contribution in [3.05, 3.63) is 35.4 Å². The van der Waals surface area contributed by atoms with Crippen molar-refractivity contribution in [3.63, 3.8) is 0 Å². The van der Waals surface area contributed by atoms with Crippen molar-refractivity contribution >= 4 is 0 Å². The van der Waals surface area contributed by atoms with Crippen LogP contribution in [0.5, 0.6) is 11.5 Å². The van der Waals surface area contributed by atoms with Crippen LogP contribution in [-0.2, 0) is 26.0 Å². The highest BCUT2D eigenvalue weighted by molar-refractivity contribution is 5.62. The number of benzene rings is 1. The van der Waals surface area contributed by atoms with Crippen molar-refractivity contribution in [3.8, 4) is 11.5 Å². The Hall–Kier alpha value is -1.60. The van der Waals surface area contributed by atoms with E-state index in [1.807, 2.05) is 0 Å². The van der Waals surface area contributed by atoms with E-state index in [2.05, 4.69) is 57.0 Å². The Morgan fingerprint density at radius 2 is 1.94 bits per heavy atom. The molecule has 0 aromatic heterocycles. The van der Waals surface area contributed by atoms with Gasteiger partial charge in [-0.2, -0.15) is 0 Å². The van der Waals surface area contributed by atoms with E-state index in [0.29, 0.717) is 19.6 Å². The average molecular weight is 500 g/mol. The Labute approximate surface area is 217 Å². The fourth-order valence-electron chi connectivity index (χ4n) is 7.33. The number of nitrogens with zero attached hydrogens (tertiary/aromatic N) is 1. The van der Waals surface area contributed by atoms with Crippen LogP contribution in [-0.4, -0.2) is 69.5 Å². The Kier molecular flexibility index (Phi) is 7.18. The lowest BCUT2D eigenvalue weighted by Gasteiger charge is -2.62. The number of unbranched alkanes of at least 4 members (excludes halogenated alkanes) is 1. The van der Waals surface area contributed by atoms with E-state index in [1.54, 1.807) is 14.2 Å². The van der Waals surface area contributed by atoms with Crippen LogP contribution in [0.25, 0.3) is 0 Å². The Morgan fingerprint density at radius 1 is 1.17 bits per heavy atom. The largest absolute Gasteiger partial charge is 0.490 e. The maximum absolute atomic E-state index is 7.07. The van der Waals surface area contributed by atoms with Gasteiger partial charge in [0.05, 0.1) is 24.2 Å². The molecule has 4 atom stereocenters. The Morgan fingerprint density at radius 3 is 2.61 bits per heavy atom. The molecule has 1 aromatic carbocycles. The van der Waals surface area contributed by atoms with E-state index in [-0.39, 0.29) is 12.1 Å². The molecule has 5 rings (SSSR count). The average Bonchev–Trinajstić information content (AvgIpc) is 3.63. The maximum Gasteiger partial charge on any atom is 0.206 e. The number of allylic oxidation sites excluding steroid dienone is 1. The van der Waals surface area contributed by atoms with Gasteiger partial charge in [-0.3, -0.25) is 4.90 Å². The van der Waals surface area contributed by atoms with Gasteiger partial charge in [0.15, 0.2) is 17.6 Å². The predicted molar refractivity (Wildman–Crippen MR) is 141 cm³/mol. The fourth-order valence-corrected chi connectivity index (χ4v) is 7.33. The summed E-state index contributed by atoms with van der Waals surface area (Å²) in [5.41, 5.74) is 1.66. The minimum absolute atomic E-state index is 0.233. The second-order valence-electron chi connectivity index (χ2n) is 11.4. The van der Waals surface area contributed by atoms with E-state index in [4.69, 9.17) is 23.7 Å². The Balaban J connectivity index is 1.67. The zero-order valence-corrected chi connectivity index (χ0v) is 23.1. The number of methoxy groups -OCH3 is 2. The topological polar surface area (TPSA) is 49.4 Å². The highest BCUT2D eigenvalue weighted by atomic mass is 16.7. The standard InChI is InChI=1S/C30H45NO5/c1-7-9-17-34-23-14-13-22-19-24(31(4)20-21-11-12-21)29(35-18-10-8-2)15-16-30(32-5,33-6)27-28(29,3)25(22)26(23)36-27/h8,10,13-14,21,24,27H,7,9,11-12,15-20H2,1-6H3/b10-8+/t24-,27-,28?,29-/m1/s1. The highest BCUT2D eigenvalue weighted by Gasteiger charge is 2.74. The number of rotatable bonds is 12. The lowest BCUT2D eigenvalue weighted by molar-refractivity contribution is -0.314. The number of hydrogen-bond acceptors (Lipinski definition) is 6. The van der Waals surface area contributed by atoms with Gasteiger partial charge in [0.2, 0.25) is 5.79 Å². The molecule has 0 saturated heterocycles. The lowest BCUT2D eigenvalue weighted by atomic mass is 9.51. The van der Waals surface area contributed by atoms with Crippen LogP contribution in [0.2, 0.25) is 0 Å². The van der Waals surface area contributed by atoms with Gasteiger partial charge in [-0.05, 0) is 70.5 Å². The summed E-state index contributed by atoms with van der Waals surface area (Å²) in [6.45, 7) is 8.94. The highest BCUT2D eigenvalue weighted by Crippen LogP contribution is 2.66. The molecular formula is C30H45NO5. The van der Waals surface area contributed by atoms with E-state index in [1.165, 1.54) is 24.0 Å². The summed E-state index contributed by atoms with van der Waals surface area (Å²) in [7, 11) is 5.78. The van der Waals surface area contributed by atoms with E-state index < -0.39 is 16.8 Å². The van der Waals surface area contributed by atoms with E-state index in [9.17, 15) is 0 Å². The summed E-state index contributed by atoms with van der Waals surface area (Å²) < 4.78 is 32.6. The van der Waals surface area contributed by atoms with Crippen molar-refractivity contribution in [1.82, 2.24) is 4.90 Å². The second-order valence-corrected chi connectivity index (χ2v) is 11.4. The third-order valence-corrected chi connectivity index (χ3v) is 9.46. The van der Waals surface area contributed by atoms with Crippen LogP contribution >= 0.6 is 0 Å². The molecule has 0 N–H and O–H groups in total. The molecule has 1 aromatic rings. The monoisotopic (exact) mass is 499 g/mol. The summed E-state index contributed by atoms with van der Waals surface area (Å²) >= 11 is 0. The molecule has 36 heavy (non-hydrogen) atoms. The van der Waals surface area contributed by atoms with Crippen LogP contribution in [0.4, 0.5) is 0 Å². The van der Waals surface area contributed by atoms with Crippen LogP contribution in [0.3, 0.4) is 0 Å². The quantitative estimate of drug-likeness (QED) is 0.222. The third kappa shape index (κ3) is 3.82. The van der Waals surface area contributed by atoms with Crippen LogP contribution in [0.1, 0.15) is 70.4 Å². The predicted octanol–water partition coefficient (Wildman–Crippen LogP) is 5.27. The summed E-state index contributed by atoms with van der Waals surface area (Å²) in [4.78, 5) is 2.58. The molecular weight excluding hydrogens is 454 g/mol. The number of likely N-dealkylation sites (N-methyl/N-ethyl adjacent to an activating group) is 1. The number of hydrogen-bond donors (Lipinski definition) is 0. The molecule has 2 fully saturated rings. The molecule has 0 bridgehead atoms. The van der Waals surface area contributed by atoms with Gasteiger partial charge in [0.25, 0.3) is 0 Å². The van der Waals surface area contributed by atoms with Crippen LogP contribution in [0.15, 0.2) is 24.3 Å². The Bertz CT molecular complexity index is 970. The van der Waals surface area contributed by atoms with Crippen molar-refractivity contribution in [2.24, 2.45) is 5.92 Å². The molecule has 1 aliphatic heterocycles. The molecule has 1 heterocycles. The van der Waals surface area contributed by atoms with Crippen molar-refractivity contribution in [2.45, 2.75) is 94.7 Å². The van der Waals surface area contributed by atoms with Crippen LogP contribution in [0, 0.1) is 5.92 Å². The van der Waals surface area contributed by atoms with Crippen molar-refractivity contribution < 1.29 is 23.7 Å². The number of ether oxygens (including phenoxy) is 5. The smallest absolute Gasteiger partial charge is 0.206 e. The first-order chi connectivity index (χ1) is 17.4. The first-order valence-corrected chi connectivity index (χ1v) is 13.9. The van der Waals surface area contributed by atoms with Gasteiger partial charge < -0.3 is 23.7 Å². The molecule has 2 saturated carbocycles. The fraction of sp³-hybridized carbons (Fsp3) is 0.733. The second kappa shape index (κ2) is 9.94. The van der Waals surface area contributed by atoms with E-state index >= 15 is 0 Å². The maximum atomic E-state index is 7.07. The van der Waals surface area contributed by atoms with Crippen molar-refractivity contribution in [2.75, 3.05) is 41.0 Å². The summed E-state index contributed by atoms with van der Waals surface area (Å²) in [5, 5.41) is 0. The summed E-state index contributed by atoms with van der Waals surface area (Å²) in [6.07, 6.45) is 11.1. The van der Waals surface area contributed by atoms with Gasteiger partial charge in [0.1, 0.15) is 0 Å². The zero-order chi connectivity index (χ0) is 25.6. The van der Waals surface area contributed by atoms with Crippen molar-refractivity contribution in [1.29, 1.82) is 0 Å². The van der Waals surface area contributed by atoms with Gasteiger partial charge >= 0.3 is 0 Å². The molecule has 0 radical (unpaired) electrons. The third-order valence-electron chi connectivity index (χ3n) is 9.46. The normalized spacial score (nSPS) is 32.1. The van der Waals surface area contributed by atoms with Gasteiger partial charge in [-0.15, -0.1) is 0 Å². The zero-order valence-electron chi connectivity index (χ0n) is 23.1. The first-order valence-electron chi connectivity index (χ1n) is 13.9. The summed E-state index contributed by atoms with van der Waals surface area (Å²) in [6, 6.07) is 4.61. The molecule has 4 aliphatic rings. The molecule has 6 heteroatoms. The van der Waals surface area contributed by atoms with Gasteiger partial charge in [-0.25, -0.2) is 0 Å². The molecule has 200 valence electrons. The molecule has 1 unspecified atom stereocenters. The minimum atomic E-state index is -0.851. The first kappa shape index (κ1) is 26.0. The van der Waals surface area contributed by atoms with Gasteiger partial charge in [-0.1, -0.05) is 31.6 Å². The minimum Gasteiger partial charge on any atom is -0.490 e. The lowest BCUT2D eigenvalue weighted by Crippen LogP contribution is -2.76. The summed E-state index contributed by atoms with van der Waals surface area (Å²) in [5.74, 6) is 1.64. The molecule has 6 nitrogen and oxygen atoms in total. The SMILES string of the molecule is C/C=C/CO[C@@]12CCC(OC)(OC)[C@@H]3Oc4c(OCCCC)ccc(c4C31C)C[C@H]2N(C)CC1CC1. The van der Waals surface area contributed by atoms with Gasteiger partial charge in [0, 0.05) is 38.8 Å². The molecule has 0 spiro atoms. The molecule has 3 aliphatic carbocycles.